The van der Waals surface area contributed by atoms with Crippen molar-refractivity contribution in [1.82, 2.24) is 0 Å². The second kappa shape index (κ2) is 7.15. The number of carbonyl (C=O) groups excluding carboxylic acids is 1. The smallest absolute Gasteiger partial charge is 0.271 e. The van der Waals surface area contributed by atoms with E-state index < -0.39 is 4.92 Å². The third-order valence-corrected chi connectivity index (χ3v) is 4.95. The van der Waals surface area contributed by atoms with Crippen LogP contribution in [0.4, 0.5) is 17.1 Å². The van der Waals surface area contributed by atoms with E-state index in [9.17, 15) is 14.9 Å². The van der Waals surface area contributed by atoms with Gasteiger partial charge >= 0.3 is 0 Å². The van der Waals surface area contributed by atoms with Gasteiger partial charge in [0, 0.05) is 17.8 Å². The molecule has 0 aromatic heterocycles. The number of nitro benzene ring substituents is 1. The van der Waals surface area contributed by atoms with E-state index in [1.54, 1.807) is 13.0 Å². The molecule has 3 aromatic rings. The van der Waals surface area contributed by atoms with Crippen molar-refractivity contribution in [3.8, 4) is 11.1 Å². The summed E-state index contributed by atoms with van der Waals surface area (Å²) in [7, 11) is 0. The van der Waals surface area contributed by atoms with Crippen LogP contribution in [0.1, 0.15) is 16.7 Å². The number of hydrogen-bond acceptors (Lipinski definition) is 4. The van der Waals surface area contributed by atoms with Crippen molar-refractivity contribution in [3.63, 3.8) is 0 Å². The van der Waals surface area contributed by atoms with Crippen molar-refractivity contribution in [2.75, 3.05) is 17.2 Å². The van der Waals surface area contributed by atoms with Gasteiger partial charge in [0.2, 0.25) is 5.91 Å². The second-order valence-electron chi connectivity index (χ2n) is 6.86. The number of rotatable bonds is 5. The van der Waals surface area contributed by atoms with Crippen molar-refractivity contribution in [2.45, 2.75) is 13.3 Å². The summed E-state index contributed by atoms with van der Waals surface area (Å²) in [5.74, 6) is -0.257. The molecular formula is C22H19N3O3. The number of nitrogens with one attached hydrogen (secondary N) is 2. The van der Waals surface area contributed by atoms with E-state index in [0.717, 1.165) is 17.7 Å². The summed E-state index contributed by atoms with van der Waals surface area (Å²) in [5, 5.41) is 16.8. The molecule has 0 aliphatic heterocycles. The first kappa shape index (κ1) is 17.7. The molecule has 0 spiro atoms. The lowest BCUT2D eigenvalue weighted by Crippen LogP contribution is -2.22. The van der Waals surface area contributed by atoms with E-state index >= 15 is 0 Å². The number of hydrogen-bond donors (Lipinski definition) is 2. The van der Waals surface area contributed by atoms with Crippen LogP contribution in [0.3, 0.4) is 0 Å². The van der Waals surface area contributed by atoms with E-state index in [1.165, 1.54) is 34.4 Å². The quantitative estimate of drug-likeness (QED) is 0.398. The molecule has 0 bridgehead atoms. The third kappa shape index (κ3) is 3.44. The number of benzene rings is 3. The number of amides is 1. The molecule has 0 saturated heterocycles. The van der Waals surface area contributed by atoms with Gasteiger partial charge in [-0.1, -0.05) is 36.4 Å². The van der Waals surface area contributed by atoms with Gasteiger partial charge in [-0.2, -0.15) is 0 Å². The number of nitrogens with zero attached hydrogens (tertiary/aromatic N) is 1. The Labute approximate surface area is 162 Å². The number of non-ortho nitro benzene ring substituents is 1. The normalized spacial score (nSPS) is 11.5. The molecule has 0 radical (unpaired) electrons. The highest BCUT2D eigenvalue weighted by atomic mass is 16.6. The van der Waals surface area contributed by atoms with Crippen LogP contribution in [-0.4, -0.2) is 17.4 Å². The van der Waals surface area contributed by atoms with Gasteiger partial charge in [-0.15, -0.1) is 0 Å². The van der Waals surface area contributed by atoms with Crippen LogP contribution < -0.4 is 10.6 Å². The molecule has 2 N–H and O–H groups in total. The SMILES string of the molecule is Cc1ccc([N+](=O)[O-])cc1NC(=O)CNc1ccc2c(c1)Cc1ccccc1-2. The summed E-state index contributed by atoms with van der Waals surface area (Å²) in [6.45, 7) is 1.87. The Hall–Kier alpha value is -3.67. The summed E-state index contributed by atoms with van der Waals surface area (Å²) < 4.78 is 0. The van der Waals surface area contributed by atoms with Gasteiger partial charge in [-0.05, 0) is 53.3 Å². The van der Waals surface area contributed by atoms with Crippen LogP contribution >= 0.6 is 0 Å². The number of anilines is 2. The summed E-state index contributed by atoms with van der Waals surface area (Å²) >= 11 is 0. The molecule has 0 heterocycles. The lowest BCUT2D eigenvalue weighted by Gasteiger charge is -2.11. The van der Waals surface area contributed by atoms with Crippen LogP contribution in [0.15, 0.2) is 60.7 Å². The fourth-order valence-electron chi connectivity index (χ4n) is 3.49. The third-order valence-electron chi connectivity index (χ3n) is 4.95. The number of carbonyl (C=O) groups is 1. The maximum absolute atomic E-state index is 12.3. The van der Waals surface area contributed by atoms with Gasteiger partial charge in [0.25, 0.3) is 5.69 Å². The Bertz CT molecular complexity index is 1090. The van der Waals surface area contributed by atoms with E-state index in [-0.39, 0.29) is 18.1 Å². The van der Waals surface area contributed by atoms with Crippen molar-refractivity contribution in [3.05, 3.63) is 87.5 Å². The molecule has 6 nitrogen and oxygen atoms in total. The molecular weight excluding hydrogens is 354 g/mol. The van der Waals surface area contributed by atoms with E-state index in [1.807, 2.05) is 18.2 Å². The Morgan fingerprint density at radius 2 is 1.82 bits per heavy atom. The molecule has 4 rings (SSSR count). The van der Waals surface area contributed by atoms with Crippen LogP contribution in [0, 0.1) is 17.0 Å². The topological polar surface area (TPSA) is 84.3 Å². The van der Waals surface area contributed by atoms with Crippen LogP contribution in [0.2, 0.25) is 0 Å². The zero-order valence-corrected chi connectivity index (χ0v) is 15.4. The highest BCUT2D eigenvalue weighted by Crippen LogP contribution is 2.37. The van der Waals surface area contributed by atoms with Gasteiger partial charge in [0.1, 0.15) is 0 Å². The standard InChI is InChI=1S/C22H19N3O3/c1-14-6-8-18(25(27)28)12-21(14)24-22(26)13-23-17-7-9-20-16(11-17)10-15-4-2-3-5-19(15)20/h2-9,11-12,23H,10,13H2,1H3,(H,24,26). The minimum absolute atomic E-state index is 0.0490. The van der Waals surface area contributed by atoms with Gasteiger partial charge in [0.05, 0.1) is 17.2 Å². The summed E-state index contributed by atoms with van der Waals surface area (Å²) in [6.07, 6.45) is 0.889. The lowest BCUT2D eigenvalue weighted by molar-refractivity contribution is -0.384. The molecule has 1 aliphatic carbocycles. The number of nitro groups is 1. The molecule has 3 aromatic carbocycles. The summed E-state index contributed by atoms with van der Waals surface area (Å²) in [4.78, 5) is 22.7. The van der Waals surface area contributed by atoms with Crippen LogP contribution in [0.5, 0.6) is 0 Å². The number of aryl methyl sites for hydroxylation is 1. The first-order valence-electron chi connectivity index (χ1n) is 9.01. The second-order valence-corrected chi connectivity index (χ2v) is 6.86. The maximum atomic E-state index is 12.3. The molecule has 28 heavy (non-hydrogen) atoms. The van der Waals surface area contributed by atoms with Crippen molar-refractivity contribution in [2.24, 2.45) is 0 Å². The largest absolute Gasteiger partial charge is 0.376 e. The average molecular weight is 373 g/mol. The first-order chi connectivity index (χ1) is 13.5. The van der Waals surface area contributed by atoms with E-state index in [4.69, 9.17) is 0 Å². The Morgan fingerprint density at radius 3 is 2.64 bits per heavy atom. The zero-order valence-electron chi connectivity index (χ0n) is 15.4. The Morgan fingerprint density at radius 1 is 1.04 bits per heavy atom. The fourth-order valence-corrected chi connectivity index (χ4v) is 3.49. The predicted molar refractivity (Wildman–Crippen MR) is 110 cm³/mol. The van der Waals surface area contributed by atoms with Gasteiger partial charge in [-0.3, -0.25) is 14.9 Å². The molecule has 0 atom stereocenters. The van der Waals surface area contributed by atoms with Crippen molar-refractivity contribution in [1.29, 1.82) is 0 Å². The predicted octanol–water partition coefficient (Wildman–Crippen LogP) is 4.53. The monoisotopic (exact) mass is 373 g/mol. The molecule has 140 valence electrons. The Kier molecular flexibility index (Phi) is 4.53. The van der Waals surface area contributed by atoms with Crippen LogP contribution in [0.25, 0.3) is 11.1 Å². The minimum Gasteiger partial charge on any atom is -0.376 e. The van der Waals surface area contributed by atoms with Gasteiger partial charge in [-0.25, -0.2) is 0 Å². The molecule has 1 amide bonds. The molecule has 0 fully saturated rings. The molecule has 1 aliphatic rings. The zero-order chi connectivity index (χ0) is 19.7. The van der Waals surface area contributed by atoms with E-state index in [2.05, 4.69) is 34.9 Å². The van der Waals surface area contributed by atoms with E-state index in [0.29, 0.717) is 5.69 Å². The Balaban J connectivity index is 1.42. The number of fused-ring (bicyclic) bond motifs is 3. The van der Waals surface area contributed by atoms with Crippen molar-refractivity contribution >= 4 is 23.0 Å². The minimum atomic E-state index is -0.476. The lowest BCUT2D eigenvalue weighted by atomic mass is 10.1. The van der Waals surface area contributed by atoms with Crippen LogP contribution in [-0.2, 0) is 11.2 Å². The highest BCUT2D eigenvalue weighted by molar-refractivity contribution is 5.94. The maximum Gasteiger partial charge on any atom is 0.271 e. The molecule has 0 saturated carbocycles. The summed E-state index contributed by atoms with van der Waals surface area (Å²) in [6, 6.07) is 18.9. The first-order valence-corrected chi connectivity index (χ1v) is 9.01. The van der Waals surface area contributed by atoms with Gasteiger partial charge < -0.3 is 10.6 Å². The molecule has 6 heteroatoms. The summed E-state index contributed by atoms with van der Waals surface area (Å²) in [5.41, 5.74) is 7.10. The fraction of sp³-hybridized carbons (Fsp3) is 0.136. The van der Waals surface area contributed by atoms with Gasteiger partial charge in [0.15, 0.2) is 0 Å². The highest BCUT2D eigenvalue weighted by Gasteiger charge is 2.18. The van der Waals surface area contributed by atoms with Crippen molar-refractivity contribution < 1.29 is 9.72 Å². The average Bonchev–Trinajstić information content (AvgIpc) is 3.05. The molecule has 0 unspecified atom stereocenters.